The van der Waals surface area contributed by atoms with Gasteiger partial charge in [0.2, 0.25) is 17.7 Å². The predicted octanol–water partition coefficient (Wildman–Crippen LogP) is 3.35. The fourth-order valence-electron chi connectivity index (χ4n) is 9.72. The SMILES string of the molecule is Cc1cc(O)cc(C)c1C[C@H](C(=O)N[C@H](CCCN)c1nc(CC23CC4CC(CC(C4)C2)C3)no1)C(N)(CCCn1ccnc1N)C(N)=O. The maximum atomic E-state index is 14.5. The molecule has 3 atom stereocenters. The van der Waals surface area contributed by atoms with Crippen LogP contribution in [0.2, 0.25) is 0 Å². The van der Waals surface area contributed by atoms with Crippen LogP contribution in [0.15, 0.2) is 29.0 Å². The number of nitrogens with zero attached hydrogens (tertiary/aromatic N) is 4. The first kappa shape index (κ1) is 34.9. The Kier molecular flexibility index (Phi) is 10.0. The molecule has 2 aromatic heterocycles. The summed E-state index contributed by atoms with van der Waals surface area (Å²) in [4.78, 5) is 36.6. The fraction of sp³-hybridized carbons (Fsp3) is 0.639. The van der Waals surface area contributed by atoms with Crippen molar-refractivity contribution in [1.82, 2.24) is 25.0 Å². The van der Waals surface area contributed by atoms with Gasteiger partial charge < -0.3 is 42.4 Å². The molecule has 4 aliphatic rings. The molecule has 0 radical (unpaired) electrons. The summed E-state index contributed by atoms with van der Waals surface area (Å²) in [5.74, 6) is 1.62. The van der Waals surface area contributed by atoms with Crippen molar-refractivity contribution in [1.29, 1.82) is 0 Å². The second kappa shape index (κ2) is 14.1. The highest BCUT2D eigenvalue weighted by molar-refractivity contribution is 5.93. The van der Waals surface area contributed by atoms with Gasteiger partial charge >= 0.3 is 0 Å². The van der Waals surface area contributed by atoms with Gasteiger partial charge in [-0.05, 0) is 143 Å². The van der Waals surface area contributed by atoms with E-state index in [1.54, 1.807) is 29.1 Å². The van der Waals surface area contributed by atoms with Gasteiger partial charge in [-0.25, -0.2) is 4.98 Å². The Morgan fingerprint density at radius 2 is 1.78 bits per heavy atom. The molecule has 0 aliphatic heterocycles. The van der Waals surface area contributed by atoms with E-state index in [0.717, 1.165) is 40.9 Å². The highest BCUT2D eigenvalue weighted by Crippen LogP contribution is 2.60. The van der Waals surface area contributed by atoms with Crippen LogP contribution in [-0.4, -0.2) is 48.7 Å². The Balaban J connectivity index is 1.25. The van der Waals surface area contributed by atoms with Gasteiger partial charge in [0.15, 0.2) is 11.8 Å². The number of nitrogens with one attached hydrogen (secondary N) is 1. The fourth-order valence-corrected chi connectivity index (χ4v) is 9.72. The zero-order valence-corrected chi connectivity index (χ0v) is 28.9. The summed E-state index contributed by atoms with van der Waals surface area (Å²) in [6, 6.07) is 2.64. The van der Waals surface area contributed by atoms with Crippen molar-refractivity contribution >= 4 is 17.8 Å². The topological polar surface area (TPSA) is 227 Å². The number of aromatic hydroxyl groups is 1. The molecule has 10 N–H and O–H groups in total. The third-order valence-electron chi connectivity index (χ3n) is 11.7. The number of hydrogen-bond acceptors (Lipinski definition) is 10. The largest absolute Gasteiger partial charge is 0.508 e. The number of phenolic OH excluding ortho intramolecular Hbond substituents is 1. The number of aryl methyl sites for hydroxylation is 3. The number of nitrogen functional groups attached to an aromatic ring is 1. The van der Waals surface area contributed by atoms with Crippen molar-refractivity contribution in [3.05, 3.63) is 52.9 Å². The molecule has 4 saturated carbocycles. The lowest BCUT2D eigenvalue weighted by atomic mass is 9.49. The molecular formula is C36H53N9O4. The zero-order valence-electron chi connectivity index (χ0n) is 28.9. The van der Waals surface area contributed by atoms with Crippen LogP contribution in [0, 0.1) is 42.9 Å². The quantitative estimate of drug-likeness (QED) is 0.130. The summed E-state index contributed by atoms with van der Waals surface area (Å²) in [5, 5.41) is 17.7. The first-order valence-corrected chi connectivity index (χ1v) is 17.9. The number of benzene rings is 1. The standard InChI is InChI=1S/C36H53N9O4/c1-21-11-26(46)12-22(2)27(21)16-28(36(40,33(38)48)6-4-9-45-10-8-41-34(45)39)31(47)42-29(5-3-7-37)32-43-30(44-49-32)20-35-17-23-13-24(18-35)15-25(14-23)19-35/h8,10-12,23-25,28-29,46H,3-7,9,13-20,37,40H2,1-2H3,(H2,38,48)(H2,39,41)(H,42,47)/t23?,24?,25?,28-,29-,35?,36?/m1/s1. The van der Waals surface area contributed by atoms with Crippen molar-refractivity contribution < 1.29 is 19.2 Å². The second-order valence-electron chi connectivity index (χ2n) is 15.4. The van der Waals surface area contributed by atoms with Gasteiger partial charge in [0.05, 0.1) is 5.92 Å². The number of primary amides is 1. The summed E-state index contributed by atoms with van der Waals surface area (Å²) < 4.78 is 7.60. The molecule has 4 bridgehead atoms. The van der Waals surface area contributed by atoms with E-state index in [4.69, 9.17) is 32.4 Å². The molecule has 4 aliphatic carbocycles. The number of hydrogen-bond donors (Lipinski definition) is 6. The van der Waals surface area contributed by atoms with Gasteiger partial charge in [-0.2, -0.15) is 4.98 Å². The van der Waals surface area contributed by atoms with Crippen LogP contribution in [0.25, 0.3) is 0 Å². The Morgan fingerprint density at radius 3 is 2.35 bits per heavy atom. The minimum Gasteiger partial charge on any atom is -0.508 e. The molecule has 4 fully saturated rings. The van der Waals surface area contributed by atoms with E-state index in [0.29, 0.717) is 50.0 Å². The van der Waals surface area contributed by atoms with E-state index >= 15 is 0 Å². The molecule has 13 heteroatoms. The highest BCUT2D eigenvalue weighted by Gasteiger charge is 2.51. The van der Waals surface area contributed by atoms with Gasteiger partial charge in [-0.1, -0.05) is 5.16 Å². The number of aromatic nitrogens is 4. The maximum absolute atomic E-state index is 14.5. The molecule has 0 saturated heterocycles. The summed E-state index contributed by atoms with van der Waals surface area (Å²) in [5.41, 5.74) is 25.7. The van der Waals surface area contributed by atoms with Gasteiger partial charge in [-0.3, -0.25) is 9.59 Å². The number of anilines is 1. The van der Waals surface area contributed by atoms with E-state index in [1.165, 1.54) is 38.5 Å². The minimum absolute atomic E-state index is 0.120. The van der Waals surface area contributed by atoms with Gasteiger partial charge in [0, 0.05) is 25.4 Å². The molecular weight excluding hydrogens is 622 g/mol. The summed E-state index contributed by atoms with van der Waals surface area (Å²) in [6.45, 7) is 4.57. The predicted molar refractivity (Wildman–Crippen MR) is 185 cm³/mol. The van der Waals surface area contributed by atoms with E-state index in [9.17, 15) is 14.7 Å². The number of rotatable bonds is 16. The van der Waals surface area contributed by atoms with Crippen molar-refractivity contribution in [3.63, 3.8) is 0 Å². The van der Waals surface area contributed by atoms with Crippen LogP contribution in [0.5, 0.6) is 5.75 Å². The number of amides is 2. The average Bonchev–Trinajstić information content (AvgIpc) is 3.66. The normalized spacial score (nSPS) is 25.2. The monoisotopic (exact) mass is 675 g/mol. The summed E-state index contributed by atoms with van der Waals surface area (Å²) in [6.07, 6.45) is 13.6. The first-order chi connectivity index (χ1) is 23.4. The van der Waals surface area contributed by atoms with Crippen LogP contribution in [-0.2, 0) is 29.0 Å². The molecule has 0 spiro atoms. The highest BCUT2D eigenvalue weighted by atomic mass is 16.5. The van der Waals surface area contributed by atoms with Gasteiger partial charge in [0.1, 0.15) is 17.3 Å². The number of nitrogens with two attached hydrogens (primary N) is 4. The van der Waals surface area contributed by atoms with E-state index in [2.05, 4.69) is 15.5 Å². The average molecular weight is 676 g/mol. The van der Waals surface area contributed by atoms with Crippen molar-refractivity contribution in [2.45, 2.75) is 109 Å². The molecule has 7 rings (SSSR count). The Hall–Kier alpha value is -3.97. The van der Waals surface area contributed by atoms with Crippen LogP contribution >= 0.6 is 0 Å². The van der Waals surface area contributed by atoms with Crippen LogP contribution in [0.1, 0.15) is 98.7 Å². The molecule has 13 nitrogen and oxygen atoms in total. The number of carbonyl (C=O) groups excluding carboxylic acids is 2. The minimum atomic E-state index is -1.72. The Morgan fingerprint density at radius 1 is 1.12 bits per heavy atom. The lowest BCUT2D eigenvalue weighted by Gasteiger charge is -2.56. The Labute approximate surface area is 288 Å². The third kappa shape index (κ3) is 7.47. The summed E-state index contributed by atoms with van der Waals surface area (Å²) in [7, 11) is 0. The second-order valence-corrected chi connectivity index (χ2v) is 15.4. The van der Waals surface area contributed by atoms with E-state index in [1.807, 2.05) is 13.8 Å². The molecule has 2 heterocycles. The molecule has 2 amide bonds. The number of imidazole rings is 1. The van der Waals surface area contributed by atoms with Gasteiger partial charge in [-0.15, -0.1) is 0 Å². The summed E-state index contributed by atoms with van der Waals surface area (Å²) >= 11 is 0. The van der Waals surface area contributed by atoms with E-state index in [-0.39, 0.29) is 24.0 Å². The van der Waals surface area contributed by atoms with Crippen molar-refractivity contribution in [2.24, 2.45) is 46.3 Å². The van der Waals surface area contributed by atoms with Crippen LogP contribution < -0.4 is 28.3 Å². The smallest absolute Gasteiger partial charge is 0.249 e. The maximum Gasteiger partial charge on any atom is 0.249 e. The Bertz CT molecular complexity index is 1590. The molecule has 1 aromatic carbocycles. The number of carbonyl (C=O) groups is 2. The molecule has 1 unspecified atom stereocenters. The molecule has 49 heavy (non-hydrogen) atoms. The third-order valence-corrected chi connectivity index (χ3v) is 11.7. The first-order valence-electron chi connectivity index (χ1n) is 17.9. The van der Waals surface area contributed by atoms with Gasteiger partial charge in [0.25, 0.3) is 0 Å². The van der Waals surface area contributed by atoms with Crippen molar-refractivity contribution in [3.8, 4) is 5.75 Å². The van der Waals surface area contributed by atoms with E-state index < -0.39 is 29.3 Å². The number of phenols is 1. The van der Waals surface area contributed by atoms with Crippen LogP contribution in [0.4, 0.5) is 5.95 Å². The zero-order chi connectivity index (χ0) is 34.9. The van der Waals surface area contributed by atoms with Crippen molar-refractivity contribution in [2.75, 3.05) is 12.3 Å². The van der Waals surface area contributed by atoms with Crippen LogP contribution in [0.3, 0.4) is 0 Å². The molecule has 3 aromatic rings. The lowest BCUT2D eigenvalue weighted by molar-refractivity contribution is -0.135. The molecule has 266 valence electrons. The lowest BCUT2D eigenvalue weighted by Crippen LogP contribution is -2.62.